The molecule has 0 saturated heterocycles. The van der Waals surface area contributed by atoms with Crippen molar-refractivity contribution < 1.29 is 0 Å². The number of rotatable bonds is 3. The fourth-order valence-corrected chi connectivity index (χ4v) is 1.93. The van der Waals surface area contributed by atoms with Crippen LogP contribution in [0, 0.1) is 6.92 Å². The lowest BCUT2D eigenvalue weighted by Crippen LogP contribution is -2.03. The average molecular weight is 220 g/mol. The molecule has 4 nitrogen and oxygen atoms in total. The Morgan fingerprint density at radius 3 is 3.07 bits per heavy atom. The number of nitrogens with one attached hydrogen (secondary N) is 1. The predicted molar refractivity (Wildman–Crippen MR) is 62.8 cm³/mol. The lowest BCUT2D eigenvalue weighted by molar-refractivity contribution is 1.07. The molecule has 2 rings (SSSR count). The van der Waals surface area contributed by atoms with Crippen LogP contribution in [-0.4, -0.2) is 9.97 Å². The minimum Gasteiger partial charge on any atom is -0.382 e. The number of hydrogen-bond acceptors (Lipinski definition) is 5. The zero-order chi connectivity index (χ0) is 10.7. The second kappa shape index (κ2) is 4.27. The molecule has 0 radical (unpaired) electrons. The van der Waals surface area contributed by atoms with Gasteiger partial charge < -0.3 is 11.1 Å². The Hall–Kier alpha value is -1.62. The van der Waals surface area contributed by atoms with Crippen molar-refractivity contribution in [2.24, 2.45) is 0 Å². The third kappa shape index (κ3) is 2.44. The summed E-state index contributed by atoms with van der Waals surface area (Å²) in [4.78, 5) is 8.35. The molecule has 15 heavy (non-hydrogen) atoms. The SMILES string of the molecule is Cc1csc(CNc2cccnc2N)n1. The summed E-state index contributed by atoms with van der Waals surface area (Å²) in [5, 5.41) is 6.29. The highest BCUT2D eigenvalue weighted by molar-refractivity contribution is 7.09. The van der Waals surface area contributed by atoms with Crippen LogP contribution in [0.15, 0.2) is 23.7 Å². The third-order valence-corrected chi connectivity index (χ3v) is 2.90. The lowest BCUT2D eigenvalue weighted by atomic mass is 10.4. The Kier molecular flexibility index (Phi) is 2.82. The summed E-state index contributed by atoms with van der Waals surface area (Å²) in [5.74, 6) is 0.519. The molecule has 0 amide bonds. The van der Waals surface area contributed by atoms with Gasteiger partial charge in [0, 0.05) is 17.3 Å². The minimum absolute atomic E-state index is 0.519. The van der Waals surface area contributed by atoms with Crippen molar-refractivity contribution in [1.29, 1.82) is 0 Å². The van der Waals surface area contributed by atoms with Crippen LogP contribution >= 0.6 is 11.3 Å². The highest BCUT2D eigenvalue weighted by Crippen LogP contribution is 2.16. The molecule has 0 unspecified atom stereocenters. The molecule has 2 heterocycles. The van der Waals surface area contributed by atoms with E-state index in [2.05, 4.69) is 15.3 Å². The van der Waals surface area contributed by atoms with Crippen LogP contribution in [0.4, 0.5) is 11.5 Å². The quantitative estimate of drug-likeness (QED) is 0.830. The van der Waals surface area contributed by atoms with E-state index in [0.29, 0.717) is 12.4 Å². The maximum atomic E-state index is 5.70. The number of nitrogen functional groups attached to an aromatic ring is 1. The third-order valence-electron chi connectivity index (χ3n) is 1.94. The Morgan fingerprint density at radius 2 is 2.40 bits per heavy atom. The molecular weight excluding hydrogens is 208 g/mol. The van der Waals surface area contributed by atoms with Crippen LogP contribution in [0.2, 0.25) is 0 Å². The summed E-state index contributed by atoms with van der Waals surface area (Å²) in [7, 11) is 0. The van der Waals surface area contributed by atoms with Crippen molar-refractivity contribution in [3.63, 3.8) is 0 Å². The first-order valence-corrected chi connectivity index (χ1v) is 5.49. The van der Waals surface area contributed by atoms with Gasteiger partial charge in [-0.3, -0.25) is 0 Å². The summed E-state index contributed by atoms with van der Waals surface area (Å²) < 4.78 is 0. The van der Waals surface area contributed by atoms with Gasteiger partial charge in [-0.15, -0.1) is 11.3 Å². The summed E-state index contributed by atoms with van der Waals surface area (Å²) in [6, 6.07) is 3.76. The van der Waals surface area contributed by atoms with Gasteiger partial charge in [-0.05, 0) is 19.1 Å². The van der Waals surface area contributed by atoms with Crippen LogP contribution in [0.25, 0.3) is 0 Å². The molecule has 2 aromatic rings. The Balaban J connectivity index is 2.02. The second-order valence-electron chi connectivity index (χ2n) is 3.17. The molecule has 78 valence electrons. The van der Waals surface area contributed by atoms with Crippen molar-refractivity contribution >= 4 is 22.8 Å². The van der Waals surface area contributed by atoms with Crippen LogP contribution in [-0.2, 0) is 6.54 Å². The molecule has 0 saturated carbocycles. The van der Waals surface area contributed by atoms with Crippen molar-refractivity contribution in [3.8, 4) is 0 Å². The fourth-order valence-electron chi connectivity index (χ4n) is 1.22. The number of aromatic nitrogens is 2. The van der Waals surface area contributed by atoms with Crippen LogP contribution in [0.1, 0.15) is 10.7 Å². The molecule has 0 aliphatic heterocycles. The molecule has 2 aromatic heterocycles. The van der Waals surface area contributed by atoms with Gasteiger partial charge in [-0.2, -0.15) is 0 Å². The number of nitrogens with zero attached hydrogens (tertiary/aromatic N) is 2. The van der Waals surface area contributed by atoms with Crippen LogP contribution < -0.4 is 11.1 Å². The molecule has 0 atom stereocenters. The summed E-state index contributed by atoms with van der Waals surface area (Å²) >= 11 is 1.64. The largest absolute Gasteiger partial charge is 0.382 e. The number of aryl methyl sites for hydroxylation is 1. The molecule has 0 aliphatic carbocycles. The molecule has 3 N–H and O–H groups in total. The van der Waals surface area contributed by atoms with Crippen molar-refractivity contribution in [3.05, 3.63) is 34.4 Å². The molecule has 0 spiro atoms. The summed E-state index contributed by atoms with van der Waals surface area (Å²) in [5.41, 5.74) is 7.60. The van der Waals surface area contributed by atoms with Gasteiger partial charge in [-0.1, -0.05) is 0 Å². The zero-order valence-electron chi connectivity index (χ0n) is 8.40. The lowest BCUT2D eigenvalue weighted by Gasteiger charge is -2.05. The van der Waals surface area contributed by atoms with Gasteiger partial charge in [0.25, 0.3) is 0 Å². The van der Waals surface area contributed by atoms with Gasteiger partial charge in [0.2, 0.25) is 0 Å². The highest BCUT2D eigenvalue weighted by Gasteiger charge is 2.01. The van der Waals surface area contributed by atoms with E-state index in [1.165, 1.54) is 0 Å². The smallest absolute Gasteiger partial charge is 0.146 e. The van der Waals surface area contributed by atoms with E-state index in [4.69, 9.17) is 5.73 Å². The molecule has 0 aromatic carbocycles. The monoisotopic (exact) mass is 220 g/mol. The number of thiazole rings is 1. The van der Waals surface area contributed by atoms with Gasteiger partial charge in [-0.25, -0.2) is 9.97 Å². The maximum Gasteiger partial charge on any atom is 0.146 e. The first-order valence-electron chi connectivity index (χ1n) is 4.61. The van der Waals surface area contributed by atoms with Gasteiger partial charge >= 0.3 is 0 Å². The Morgan fingerprint density at radius 1 is 1.53 bits per heavy atom. The van der Waals surface area contributed by atoms with E-state index >= 15 is 0 Å². The zero-order valence-corrected chi connectivity index (χ0v) is 9.21. The van der Waals surface area contributed by atoms with Crippen molar-refractivity contribution in [2.75, 3.05) is 11.1 Å². The fraction of sp³-hybridized carbons (Fsp3) is 0.200. The Bertz CT molecular complexity index is 452. The maximum absolute atomic E-state index is 5.70. The first kappa shape index (κ1) is 9.92. The molecule has 0 bridgehead atoms. The first-order chi connectivity index (χ1) is 7.25. The predicted octanol–water partition coefficient (Wildman–Crippen LogP) is 2.04. The van der Waals surface area contributed by atoms with Crippen LogP contribution in [0.5, 0.6) is 0 Å². The molecule has 5 heteroatoms. The number of hydrogen-bond donors (Lipinski definition) is 2. The number of nitrogens with two attached hydrogens (primary N) is 1. The number of pyridine rings is 1. The van der Waals surface area contributed by atoms with E-state index in [1.807, 2.05) is 24.4 Å². The molecular formula is C10H12N4S. The van der Waals surface area contributed by atoms with Gasteiger partial charge in [0.1, 0.15) is 10.8 Å². The molecule has 0 aliphatic rings. The van der Waals surface area contributed by atoms with E-state index < -0.39 is 0 Å². The van der Waals surface area contributed by atoms with Crippen LogP contribution in [0.3, 0.4) is 0 Å². The minimum atomic E-state index is 0.519. The highest BCUT2D eigenvalue weighted by atomic mass is 32.1. The van der Waals surface area contributed by atoms with E-state index in [1.54, 1.807) is 17.5 Å². The van der Waals surface area contributed by atoms with E-state index in [-0.39, 0.29) is 0 Å². The normalized spacial score (nSPS) is 10.2. The topological polar surface area (TPSA) is 63.8 Å². The molecule has 0 fully saturated rings. The standard InChI is InChI=1S/C10H12N4S/c1-7-6-15-9(14-7)5-13-8-3-2-4-12-10(8)11/h2-4,6,13H,5H2,1H3,(H2,11,12). The van der Waals surface area contributed by atoms with Crippen molar-refractivity contribution in [1.82, 2.24) is 9.97 Å². The summed E-state index contributed by atoms with van der Waals surface area (Å²) in [6.07, 6.45) is 1.67. The second-order valence-corrected chi connectivity index (χ2v) is 4.12. The summed E-state index contributed by atoms with van der Waals surface area (Å²) in [6.45, 7) is 2.67. The van der Waals surface area contributed by atoms with Gasteiger partial charge in [0.05, 0.1) is 12.2 Å². The van der Waals surface area contributed by atoms with Gasteiger partial charge in [0.15, 0.2) is 0 Å². The van der Waals surface area contributed by atoms with Crippen molar-refractivity contribution in [2.45, 2.75) is 13.5 Å². The van der Waals surface area contributed by atoms with E-state index in [9.17, 15) is 0 Å². The Labute approximate surface area is 92.2 Å². The average Bonchev–Trinajstić information content (AvgIpc) is 2.63. The van der Waals surface area contributed by atoms with E-state index in [0.717, 1.165) is 16.4 Å². The number of anilines is 2.